The van der Waals surface area contributed by atoms with Gasteiger partial charge < -0.3 is 15.2 Å². The van der Waals surface area contributed by atoms with E-state index in [0.717, 1.165) is 18.4 Å². The average molecular weight is 319 g/mol. The van der Waals surface area contributed by atoms with Gasteiger partial charge >= 0.3 is 5.97 Å². The highest BCUT2D eigenvalue weighted by Gasteiger charge is 2.53. The van der Waals surface area contributed by atoms with Gasteiger partial charge in [-0.2, -0.15) is 0 Å². The maximum atomic E-state index is 12.7. The molecule has 0 bridgehead atoms. The zero-order valence-electron chi connectivity index (χ0n) is 14.0. The molecule has 0 aromatic heterocycles. The molecule has 5 heteroatoms. The summed E-state index contributed by atoms with van der Waals surface area (Å²) in [6, 6.07) is 7.53. The van der Waals surface area contributed by atoms with Crippen LogP contribution in [-0.4, -0.2) is 30.6 Å². The van der Waals surface area contributed by atoms with Gasteiger partial charge in [0.15, 0.2) is 0 Å². The molecule has 1 aromatic carbocycles. The standard InChI is InChI=1S/C18H25NO4/c1-4-17(5-2,16(21)22)12-19-15(20)18(10-11-18)13-8-6-7-9-14(13)23-3/h6-9H,4-5,10-12H2,1-3H3,(H,19,20)(H,21,22). The van der Waals surface area contributed by atoms with E-state index in [4.69, 9.17) is 4.74 Å². The summed E-state index contributed by atoms with van der Waals surface area (Å²) < 4.78 is 5.37. The van der Waals surface area contributed by atoms with Gasteiger partial charge in [-0.05, 0) is 31.7 Å². The first-order chi connectivity index (χ1) is 11.0. The Morgan fingerprint density at radius 3 is 2.35 bits per heavy atom. The Labute approximate surface area is 137 Å². The molecule has 1 aliphatic carbocycles. The molecule has 0 unspecified atom stereocenters. The first-order valence-electron chi connectivity index (χ1n) is 8.11. The summed E-state index contributed by atoms with van der Waals surface area (Å²) >= 11 is 0. The molecule has 1 fully saturated rings. The van der Waals surface area contributed by atoms with Crippen molar-refractivity contribution in [2.24, 2.45) is 5.41 Å². The van der Waals surface area contributed by atoms with Crippen LogP contribution in [0.5, 0.6) is 5.75 Å². The number of carboxylic acids is 1. The van der Waals surface area contributed by atoms with E-state index in [2.05, 4.69) is 5.32 Å². The number of methoxy groups -OCH3 is 1. The minimum absolute atomic E-state index is 0.102. The number of benzene rings is 1. The number of carboxylic acid groups (broad SMARTS) is 1. The van der Waals surface area contributed by atoms with Crippen LogP contribution in [0.4, 0.5) is 0 Å². The van der Waals surface area contributed by atoms with Gasteiger partial charge in [0, 0.05) is 12.1 Å². The van der Waals surface area contributed by atoms with Gasteiger partial charge in [-0.15, -0.1) is 0 Å². The molecular weight excluding hydrogens is 294 g/mol. The summed E-state index contributed by atoms with van der Waals surface area (Å²) in [5.41, 5.74) is -0.584. The molecule has 126 valence electrons. The predicted octanol–water partition coefficient (Wildman–Crippen LogP) is 2.73. The molecule has 1 saturated carbocycles. The normalized spacial score (nSPS) is 15.8. The van der Waals surface area contributed by atoms with Crippen LogP contribution in [0.2, 0.25) is 0 Å². The molecule has 0 radical (unpaired) electrons. The van der Waals surface area contributed by atoms with Crippen LogP contribution in [0.15, 0.2) is 24.3 Å². The van der Waals surface area contributed by atoms with E-state index in [1.54, 1.807) is 7.11 Å². The fourth-order valence-corrected chi connectivity index (χ4v) is 3.08. The van der Waals surface area contributed by atoms with Crippen molar-refractivity contribution in [2.45, 2.75) is 44.9 Å². The fraction of sp³-hybridized carbons (Fsp3) is 0.556. The number of amides is 1. The maximum Gasteiger partial charge on any atom is 0.311 e. The smallest absolute Gasteiger partial charge is 0.311 e. The van der Waals surface area contributed by atoms with Crippen LogP contribution in [0.3, 0.4) is 0 Å². The van der Waals surface area contributed by atoms with Crippen molar-refractivity contribution in [3.63, 3.8) is 0 Å². The Morgan fingerprint density at radius 2 is 1.87 bits per heavy atom. The largest absolute Gasteiger partial charge is 0.496 e. The lowest BCUT2D eigenvalue weighted by Crippen LogP contribution is -2.45. The number of carbonyl (C=O) groups excluding carboxylic acids is 1. The number of aliphatic carboxylic acids is 1. The van der Waals surface area contributed by atoms with Crippen LogP contribution in [0, 0.1) is 5.41 Å². The molecule has 1 aromatic rings. The monoisotopic (exact) mass is 319 g/mol. The number of hydrogen-bond donors (Lipinski definition) is 2. The van der Waals surface area contributed by atoms with Gasteiger partial charge in [-0.1, -0.05) is 32.0 Å². The fourth-order valence-electron chi connectivity index (χ4n) is 3.08. The first kappa shape index (κ1) is 17.3. The number of hydrogen-bond acceptors (Lipinski definition) is 3. The maximum absolute atomic E-state index is 12.7. The number of rotatable bonds is 8. The molecule has 0 atom stereocenters. The van der Waals surface area contributed by atoms with Crippen molar-refractivity contribution in [3.8, 4) is 5.75 Å². The topological polar surface area (TPSA) is 75.6 Å². The zero-order valence-corrected chi connectivity index (χ0v) is 14.0. The Bertz CT molecular complexity index is 588. The van der Waals surface area contributed by atoms with Gasteiger partial charge in [0.25, 0.3) is 0 Å². The Kier molecular flexibility index (Phi) is 4.97. The lowest BCUT2D eigenvalue weighted by molar-refractivity contribution is -0.149. The van der Waals surface area contributed by atoms with Crippen LogP contribution < -0.4 is 10.1 Å². The van der Waals surface area contributed by atoms with Crippen LogP contribution in [0.1, 0.15) is 45.1 Å². The van der Waals surface area contributed by atoms with Gasteiger partial charge in [0.2, 0.25) is 5.91 Å². The molecule has 0 spiro atoms. The Morgan fingerprint density at radius 1 is 1.26 bits per heavy atom. The Balaban J connectivity index is 2.16. The van der Waals surface area contributed by atoms with Crippen LogP contribution in [0.25, 0.3) is 0 Å². The van der Waals surface area contributed by atoms with E-state index in [0.29, 0.717) is 18.6 Å². The van der Waals surface area contributed by atoms with Crippen molar-refractivity contribution in [2.75, 3.05) is 13.7 Å². The summed E-state index contributed by atoms with van der Waals surface area (Å²) in [5, 5.41) is 12.4. The summed E-state index contributed by atoms with van der Waals surface area (Å²) in [5.74, 6) is -0.255. The lowest BCUT2D eigenvalue weighted by atomic mass is 9.82. The van der Waals surface area contributed by atoms with Crippen molar-refractivity contribution >= 4 is 11.9 Å². The van der Waals surface area contributed by atoms with E-state index < -0.39 is 16.8 Å². The number of carbonyl (C=O) groups is 2. The van der Waals surface area contributed by atoms with Crippen LogP contribution >= 0.6 is 0 Å². The highest BCUT2D eigenvalue weighted by Crippen LogP contribution is 2.51. The predicted molar refractivity (Wildman–Crippen MR) is 87.6 cm³/mol. The molecular formula is C18H25NO4. The molecule has 2 N–H and O–H groups in total. The minimum atomic E-state index is -0.896. The number of para-hydroxylation sites is 1. The Hall–Kier alpha value is -2.04. The van der Waals surface area contributed by atoms with Crippen molar-refractivity contribution in [1.29, 1.82) is 0 Å². The number of ether oxygens (including phenoxy) is 1. The lowest BCUT2D eigenvalue weighted by Gasteiger charge is -2.28. The van der Waals surface area contributed by atoms with Crippen LogP contribution in [-0.2, 0) is 15.0 Å². The van der Waals surface area contributed by atoms with E-state index in [1.165, 1.54) is 0 Å². The molecule has 5 nitrogen and oxygen atoms in total. The molecule has 1 amide bonds. The highest BCUT2D eigenvalue weighted by atomic mass is 16.5. The van der Waals surface area contributed by atoms with Gasteiger partial charge in [0.1, 0.15) is 5.75 Å². The molecule has 0 saturated heterocycles. The van der Waals surface area contributed by atoms with E-state index in [1.807, 2.05) is 38.1 Å². The average Bonchev–Trinajstić information content (AvgIpc) is 3.37. The third-order valence-corrected chi connectivity index (χ3v) is 5.20. The summed E-state index contributed by atoms with van der Waals surface area (Å²) in [7, 11) is 1.59. The zero-order chi connectivity index (χ0) is 17.1. The minimum Gasteiger partial charge on any atom is -0.496 e. The summed E-state index contributed by atoms with van der Waals surface area (Å²) in [4.78, 5) is 24.3. The second-order valence-electron chi connectivity index (χ2n) is 6.26. The molecule has 1 aliphatic rings. The number of nitrogens with one attached hydrogen (secondary N) is 1. The molecule has 0 aliphatic heterocycles. The van der Waals surface area contributed by atoms with Gasteiger partial charge in [-0.25, -0.2) is 0 Å². The molecule has 0 heterocycles. The molecule has 2 rings (SSSR count). The first-order valence-corrected chi connectivity index (χ1v) is 8.11. The highest BCUT2D eigenvalue weighted by molar-refractivity contribution is 5.92. The van der Waals surface area contributed by atoms with E-state index in [9.17, 15) is 14.7 Å². The second kappa shape index (κ2) is 6.60. The molecule has 23 heavy (non-hydrogen) atoms. The third-order valence-electron chi connectivity index (χ3n) is 5.20. The van der Waals surface area contributed by atoms with Crippen molar-refractivity contribution in [3.05, 3.63) is 29.8 Å². The quantitative estimate of drug-likeness (QED) is 0.772. The van der Waals surface area contributed by atoms with Crippen molar-refractivity contribution in [1.82, 2.24) is 5.32 Å². The van der Waals surface area contributed by atoms with Crippen molar-refractivity contribution < 1.29 is 19.4 Å². The SMILES string of the molecule is CCC(CC)(CNC(=O)C1(c2ccccc2OC)CC1)C(=O)O. The van der Waals surface area contributed by atoms with Gasteiger partial charge in [-0.3, -0.25) is 9.59 Å². The third kappa shape index (κ3) is 3.05. The summed E-state index contributed by atoms with van der Waals surface area (Å²) in [6.07, 6.45) is 2.50. The van der Waals surface area contributed by atoms with E-state index in [-0.39, 0.29) is 12.5 Å². The second-order valence-corrected chi connectivity index (χ2v) is 6.26. The van der Waals surface area contributed by atoms with Gasteiger partial charge in [0.05, 0.1) is 17.9 Å². The summed E-state index contributed by atoms with van der Waals surface area (Å²) in [6.45, 7) is 3.85. The van der Waals surface area contributed by atoms with E-state index >= 15 is 0 Å².